The van der Waals surface area contributed by atoms with E-state index in [1.165, 1.54) is 12.8 Å². The highest BCUT2D eigenvalue weighted by atomic mass is 16.5. The molecule has 1 aromatic carbocycles. The van der Waals surface area contributed by atoms with Crippen molar-refractivity contribution >= 4 is 5.91 Å². The Morgan fingerprint density at radius 3 is 2.74 bits per heavy atom. The zero-order valence-corrected chi connectivity index (χ0v) is 18.1. The molecular weight excluding hydrogens is 392 g/mol. The summed E-state index contributed by atoms with van der Waals surface area (Å²) >= 11 is 0. The van der Waals surface area contributed by atoms with Crippen molar-refractivity contribution in [1.82, 2.24) is 19.8 Å². The SMILES string of the molecule is COc1ccc(C2c3nc[nH]c3CCN2C(=O)c2cc(CN3CCCC3)c(C)o2)cc1. The lowest BCUT2D eigenvalue weighted by molar-refractivity contribution is 0.0656. The van der Waals surface area contributed by atoms with E-state index in [0.29, 0.717) is 12.3 Å². The Labute approximate surface area is 182 Å². The summed E-state index contributed by atoms with van der Waals surface area (Å²) in [5.74, 6) is 1.93. The second-order valence-corrected chi connectivity index (χ2v) is 8.37. The predicted octanol–water partition coefficient (Wildman–Crippen LogP) is 3.70. The van der Waals surface area contributed by atoms with E-state index in [0.717, 1.165) is 60.1 Å². The molecule has 3 aromatic rings. The van der Waals surface area contributed by atoms with E-state index in [1.807, 2.05) is 42.2 Å². The molecule has 1 amide bonds. The number of likely N-dealkylation sites (tertiary alicyclic amines) is 1. The average molecular weight is 421 g/mol. The van der Waals surface area contributed by atoms with Crippen LogP contribution in [0.1, 0.15) is 57.7 Å². The molecule has 1 fully saturated rings. The van der Waals surface area contributed by atoms with Crippen molar-refractivity contribution in [3.8, 4) is 5.75 Å². The van der Waals surface area contributed by atoms with Crippen molar-refractivity contribution in [3.63, 3.8) is 0 Å². The summed E-state index contributed by atoms with van der Waals surface area (Å²) in [6.07, 6.45) is 4.94. The molecule has 0 radical (unpaired) electrons. The third kappa shape index (κ3) is 3.74. The maximum atomic E-state index is 13.6. The van der Waals surface area contributed by atoms with Gasteiger partial charge in [0.2, 0.25) is 0 Å². The average Bonchev–Trinajstić information content (AvgIpc) is 3.55. The summed E-state index contributed by atoms with van der Waals surface area (Å²) in [6, 6.07) is 9.51. The topological polar surface area (TPSA) is 74.6 Å². The standard InChI is InChI=1S/C24H28N4O3/c1-16-18(14-27-10-3-4-11-27)13-21(31-16)24(29)28-12-9-20-22(26-15-25-20)23(28)17-5-7-19(30-2)8-6-17/h5-8,13,15,23H,3-4,9-12,14H2,1-2H3,(H,25,26). The molecule has 0 spiro atoms. The number of fused-ring (bicyclic) bond motifs is 1. The van der Waals surface area contributed by atoms with Crippen molar-refractivity contribution < 1.29 is 13.9 Å². The Bertz CT molecular complexity index is 1060. The first-order valence-electron chi connectivity index (χ1n) is 10.9. The summed E-state index contributed by atoms with van der Waals surface area (Å²) in [4.78, 5) is 25.7. The minimum Gasteiger partial charge on any atom is -0.497 e. The van der Waals surface area contributed by atoms with Gasteiger partial charge in [0, 0.05) is 30.8 Å². The quantitative estimate of drug-likeness (QED) is 0.681. The fraction of sp³-hybridized carbons (Fsp3) is 0.417. The number of aryl methyl sites for hydroxylation is 1. The first-order valence-corrected chi connectivity index (χ1v) is 10.9. The van der Waals surface area contributed by atoms with Gasteiger partial charge in [-0.2, -0.15) is 0 Å². The van der Waals surface area contributed by atoms with Gasteiger partial charge in [0.25, 0.3) is 5.91 Å². The van der Waals surface area contributed by atoms with Crippen molar-refractivity contribution in [1.29, 1.82) is 0 Å². The second-order valence-electron chi connectivity index (χ2n) is 8.37. The molecule has 0 saturated carbocycles. The van der Waals surface area contributed by atoms with Crippen LogP contribution in [0, 0.1) is 6.92 Å². The van der Waals surface area contributed by atoms with Crippen LogP contribution in [0.15, 0.2) is 41.1 Å². The van der Waals surface area contributed by atoms with Crippen LogP contribution in [-0.4, -0.2) is 52.4 Å². The lowest BCUT2D eigenvalue weighted by atomic mass is 9.95. The van der Waals surface area contributed by atoms with Crippen LogP contribution in [0.3, 0.4) is 0 Å². The molecule has 0 bridgehead atoms. The van der Waals surface area contributed by atoms with Gasteiger partial charge < -0.3 is 19.0 Å². The third-order valence-electron chi connectivity index (χ3n) is 6.44. The Kier molecular flexibility index (Phi) is 5.28. The summed E-state index contributed by atoms with van der Waals surface area (Å²) < 4.78 is 11.3. The van der Waals surface area contributed by atoms with Crippen LogP contribution >= 0.6 is 0 Å². The third-order valence-corrected chi connectivity index (χ3v) is 6.44. The smallest absolute Gasteiger partial charge is 0.290 e. The summed E-state index contributed by atoms with van der Waals surface area (Å²) in [7, 11) is 1.65. The van der Waals surface area contributed by atoms with E-state index in [9.17, 15) is 4.79 Å². The van der Waals surface area contributed by atoms with Crippen molar-refractivity contribution in [2.75, 3.05) is 26.7 Å². The maximum absolute atomic E-state index is 13.6. The summed E-state index contributed by atoms with van der Waals surface area (Å²) in [5, 5.41) is 0. The maximum Gasteiger partial charge on any atom is 0.290 e. The van der Waals surface area contributed by atoms with Crippen LogP contribution in [-0.2, 0) is 13.0 Å². The molecule has 2 aliphatic rings. The number of carbonyl (C=O) groups excluding carboxylic acids is 1. The Balaban J connectivity index is 1.45. The van der Waals surface area contributed by atoms with E-state index < -0.39 is 0 Å². The monoisotopic (exact) mass is 420 g/mol. The van der Waals surface area contributed by atoms with E-state index in [2.05, 4.69) is 14.9 Å². The number of H-pyrrole nitrogens is 1. The van der Waals surface area contributed by atoms with Crippen molar-refractivity contribution in [3.05, 3.63) is 70.7 Å². The number of aromatic nitrogens is 2. The van der Waals surface area contributed by atoms with Gasteiger partial charge >= 0.3 is 0 Å². The van der Waals surface area contributed by atoms with Gasteiger partial charge in [-0.25, -0.2) is 4.98 Å². The highest BCUT2D eigenvalue weighted by molar-refractivity contribution is 5.92. The number of carbonyl (C=O) groups is 1. The number of furan rings is 1. The number of hydrogen-bond acceptors (Lipinski definition) is 5. The highest BCUT2D eigenvalue weighted by Gasteiger charge is 2.36. The lowest BCUT2D eigenvalue weighted by Crippen LogP contribution is -2.40. The van der Waals surface area contributed by atoms with E-state index in [1.54, 1.807) is 13.4 Å². The minimum atomic E-state index is -0.263. The van der Waals surface area contributed by atoms with Crippen molar-refractivity contribution in [2.24, 2.45) is 0 Å². The molecule has 162 valence electrons. The molecule has 2 aromatic heterocycles. The number of imidazole rings is 1. The Hall–Kier alpha value is -3.06. The summed E-state index contributed by atoms with van der Waals surface area (Å²) in [6.45, 7) is 5.62. The summed E-state index contributed by atoms with van der Waals surface area (Å²) in [5.41, 5.74) is 4.08. The molecule has 1 unspecified atom stereocenters. The van der Waals surface area contributed by atoms with Gasteiger partial charge in [0.15, 0.2) is 5.76 Å². The van der Waals surface area contributed by atoms with E-state index in [4.69, 9.17) is 9.15 Å². The first-order chi connectivity index (χ1) is 15.1. The van der Waals surface area contributed by atoms with Crippen LogP contribution in [0.4, 0.5) is 0 Å². The second kappa shape index (κ2) is 8.23. The first kappa shape index (κ1) is 19.9. The molecule has 7 nitrogen and oxygen atoms in total. The van der Waals surface area contributed by atoms with Gasteiger partial charge in [0.1, 0.15) is 17.6 Å². The Morgan fingerprint density at radius 2 is 2.00 bits per heavy atom. The molecular formula is C24H28N4O3. The number of ether oxygens (including phenoxy) is 1. The molecule has 1 N–H and O–H groups in total. The zero-order valence-electron chi connectivity index (χ0n) is 18.1. The fourth-order valence-corrected chi connectivity index (χ4v) is 4.72. The normalized spacial score (nSPS) is 18.9. The number of benzene rings is 1. The molecule has 1 atom stereocenters. The van der Waals surface area contributed by atoms with E-state index >= 15 is 0 Å². The van der Waals surface area contributed by atoms with Gasteiger partial charge in [-0.1, -0.05) is 12.1 Å². The molecule has 0 aliphatic carbocycles. The fourth-order valence-electron chi connectivity index (χ4n) is 4.72. The number of methoxy groups -OCH3 is 1. The van der Waals surface area contributed by atoms with Gasteiger partial charge in [-0.3, -0.25) is 9.69 Å². The number of hydrogen-bond donors (Lipinski definition) is 1. The van der Waals surface area contributed by atoms with Gasteiger partial charge in [-0.15, -0.1) is 0 Å². The predicted molar refractivity (Wildman–Crippen MR) is 116 cm³/mol. The van der Waals surface area contributed by atoms with Crippen LogP contribution in [0.5, 0.6) is 5.75 Å². The number of nitrogens with one attached hydrogen (secondary N) is 1. The molecule has 5 rings (SSSR count). The van der Waals surface area contributed by atoms with Gasteiger partial charge in [0.05, 0.1) is 19.1 Å². The van der Waals surface area contributed by atoms with Crippen LogP contribution < -0.4 is 4.74 Å². The molecule has 2 aliphatic heterocycles. The number of rotatable bonds is 5. The molecule has 4 heterocycles. The Morgan fingerprint density at radius 1 is 1.23 bits per heavy atom. The lowest BCUT2D eigenvalue weighted by Gasteiger charge is -2.34. The highest BCUT2D eigenvalue weighted by Crippen LogP contribution is 2.35. The zero-order chi connectivity index (χ0) is 21.4. The minimum absolute atomic E-state index is 0.0924. The number of nitrogens with zero attached hydrogens (tertiary/aromatic N) is 3. The molecule has 31 heavy (non-hydrogen) atoms. The molecule has 7 heteroatoms. The van der Waals surface area contributed by atoms with Crippen LogP contribution in [0.25, 0.3) is 0 Å². The molecule has 1 saturated heterocycles. The van der Waals surface area contributed by atoms with Crippen LogP contribution in [0.2, 0.25) is 0 Å². The van der Waals surface area contributed by atoms with E-state index in [-0.39, 0.29) is 11.9 Å². The number of amides is 1. The number of aromatic amines is 1. The van der Waals surface area contributed by atoms with Crippen molar-refractivity contribution in [2.45, 2.75) is 38.8 Å². The largest absolute Gasteiger partial charge is 0.497 e. The van der Waals surface area contributed by atoms with Gasteiger partial charge in [-0.05, 0) is 56.6 Å².